The van der Waals surface area contributed by atoms with E-state index in [1.54, 1.807) is 6.20 Å². The van der Waals surface area contributed by atoms with Crippen LogP contribution in [0.2, 0.25) is 0 Å². The lowest BCUT2D eigenvalue weighted by molar-refractivity contribution is 0.720. The Balaban J connectivity index is 2.07. The van der Waals surface area contributed by atoms with Gasteiger partial charge in [-0.2, -0.15) is 10.1 Å². The Morgan fingerprint density at radius 3 is 2.88 bits per heavy atom. The van der Waals surface area contributed by atoms with E-state index < -0.39 is 0 Å². The minimum Gasteiger partial charge on any atom is -0.368 e. The first-order valence-corrected chi connectivity index (χ1v) is 4.97. The number of anilines is 2. The average molecular weight is 218 g/mol. The molecule has 0 unspecified atom stereocenters. The molecule has 0 fully saturated rings. The maximum absolute atomic E-state index is 5.56. The second-order valence-corrected chi connectivity index (χ2v) is 3.55. The highest BCUT2D eigenvalue weighted by atomic mass is 15.3. The standard InChI is InChI=1S/C10H14N6/c1-7-5-9(15-10(11)14-7)12-6-8-3-4-13-16(8)2/h3-5H,6H2,1-2H3,(H3,11,12,14,15). The quantitative estimate of drug-likeness (QED) is 0.793. The number of rotatable bonds is 3. The van der Waals surface area contributed by atoms with E-state index in [0.29, 0.717) is 6.54 Å². The van der Waals surface area contributed by atoms with E-state index in [1.165, 1.54) is 0 Å². The second kappa shape index (κ2) is 4.18. The van der Waals surface area contributed by atoms with Gasteiger partial charge < -0.3 is 11.1 Å². The van der Waals surface area contributed by atoms with Crippen LogP contribution in [0.1, 0.15) is 11.4 Å². The summed E-state index contributed by atoms with van der Waals surface area (Å²) in [7, 11) is 1.90. The molecule has 16 heavy (non-hydrogen) atoms. The van der Waals surface area contributed by atoms with E-state index in [2.05, 4.69) is 20.4 Å². The molecule has 84 valence electrons. The van der Waals surface area contributed by atoms with Crippen LogP contribution in [0.25, 0.3) is 0 Å². The molecule has 6 nitrogen and oxygen atoms in total. The van der Waals surface area contributed by atoms with Gasteiger partial charge in [0.15, 0.2) is 0 Å². The molecule has 0 saturated heterocycles. The van der Waals surface area contributed by atoms with Gasteiger partial charge in [-0.15, -0.1) is 0 Å². The fourth-order valence-electron chi connectivity index (χ4n) is 1.44. The topological polar surface area (TPSA) is 81.7 Å². The molecule has 0 radical (unpaired) electrons. The summed E-state index contributed by atoms with van der Waals surface area (Å²) in [6.45, 7) is 2.54. The van der Waals surface area contributed by atoms with Crippen molar-refractivity contribution in [3.63, 3.8) is 0 Å². The van der Waals surface area contributed by atoms with Crippen LogP contribution in [0.3, 0.4) is 0 Å². The molecule has 2 rings (SSSR count). The van der Waals surface area contributed by atoms with E-state index in [4.69, 9.17) is 5.73 Å². The third-order valence-corrected chi connectivity index (χ3v) is 2.24. The summed E-state index contributed by atoms with van der Waals surface area (Å²) < 4.78 is 1.81. The Kier molecular flexibility index (Phi) is 2.72. The van der Waals surface area contributed by atoms with Crippen molar-refractivity contribution >= 4 is 11.8 Å². The zero-order chi connectivity index (χ0) is 11.5. The first-order chi connectivity index (χ1) is 7.65. The van der Waals surface area contributed by atoms with Crippen molar-refractivity contribution < 1.29 is 0 Å². The van der Waals surface area contributed by atoms with Gasteiger partial charge in [0.25, 0.3) is 0 Å². The predicted octanol–water partition coefficient (Wildman–Crippen LogP) is 0.713. The predicted molar refractivity (Wildman–Crippen MR) is 61.7 cm³/mol. The Labute approximate surface area is 93.5 Å². The van der Waals surface area contributed by atoms with Crippen molar-refractivity contribution in [1.82, 2.24) is 19.7 Å². The van der Waals surface area contributed by atoms with Gasteiger partial charge in [0.1, 0.15) is 5.82 Å². The second-order valence-electron chi connectivity index (χ2n) is 3.55. The maximum Gasteiger partial charge on any atom is 0.222 e. The Morgan fingerprint density at radius 1 is 1.44 bits per heavy atom. The molecule has 0 atom stereocenters. The third kappa shape index (κ3) is 2.28. The monoisotopic (exact) mass is 218 g/mol. The van der Waals surface area contributed by atoms with Crippen LogP contribution in [-0.4, -0.2) is 19.7 Å². The summed E-state index contributed by atoms with van der Waals surface area (Å²) >= 11 is 0. The van der Waals surface area contributed by atoms with Crippen molar-refractivity contribution in [2.24, 2.45) is 7.05 Å². The number of hydrogen-bond donors (Lipinski definition) is 2. The zero-order valence-corrected chi connectivity index (χ0v) is 9.31. The normalized spacial score (nSPS) is 10.4. The summed E-state index contributed by atoms with van der Waals surface area (Å²) in [4.78, 5) is 8.09. The summed E-state index contributed by atoms with van der Waals surface area (Å²) in [6, 6.07) is 3.80. The van der Waals surface area contributed by atoms with Gasteiger partial charge in [-0.1, -0.05) is 0 Å². The number of hydrogen-bond acceptors (Lipinski definition) is 5. The summed E-state index contributed by atoms with van der Waals surface area (Å²) in [5.41, 5.74) is 7.48. The fraction of sp³-hybridized carbons (Fsp3) is 0.300. The van der Waals surface area contributed by atoms with Gasteiger partial charge in [0.2, 0.25) is 5.95 Å². The summed E-state index contributed by atoms with van der Waals surface area (Å²) in [5.74, 6) is 1.01. The van der Waals surface area contributed by atoms with E-state index >= 15 is 0 Å². The molecule has 6 heteroatoms. The molecule has 0 bridgehead atoms. The third-order valence-electron chi connectivity index (χ3n) is 2.24. The highest BCUT2D eigenvalue weighted by molar-refractivity contribution is 5.40. The van der Waals surface area contributed by atoms with Crippen molar-refractivity contribution in [3.8, 4) is 0 Å². The number of nitrogen functional groups attached to an aromatic ring is 1. The number of nitrogens with zero attached hydrogens (tertiary/aromatic N) is 4. The SMILES string of the molecule is Cc1cc(NCc2ccnn2C)nc(N)n1. The molecule has 2 aromatic heterocycles. The number of nitrogens with two attached hydrogens (primary N) is 1. The zero-order valence-electron chi connectivity index (χ0n) is 9.31. The highest BCUT2D eigenvalue weighted by Gasteiger charge is 2.01. The Bertz CT molecular complexity index is 470. The number of nitrogens with one attached hydrogen (secondary N) is 1. The van der Waals surface area contributed by atoms with Gasteiger partial charge in [-0.25, -0.2) is 4.98 Å². The van der Waals surface area contributed by atoms with Gasteiger partial charge in [0.05, 0.1) is 12.2 Å². The molecule has 0 spiro atoms. The van der Waals surface area contributed by atoms with Gasteiger partial charge >= 0.3 is 0 Å². The molecule has 0 aliphatic carbocycles. The van der Waals surface area contributed by atoms with E-state index in [9.17, 15) is 0 Å². The van der Waals surface area contributed by atoms with Crippen LogP contribution >= 0.6 is 0 Å². The van der Waals surface area contributed by atoms with Crippen LogP contribution in [0.4, 0.5) is 11.8 Å². The Hall–Kier alpha value is -2.11. The van der Waals surface area contributed by atoms with Crippen molar-refractivity contribution in [2.45, 2.75) is 13.5 Å². The fourth-order valence-corrected chi connectivity index (χ4v) is 1.44. The number of aryl methyl sites for hydroxylation is 2. The molecule has 2 aromatic rings. The van der Waals surface area contributed by atoms with Crippen LogP contribution in [0.5, 0.6) is 0 Å². The van der Waals surface area contributed by atoms with Crippen LogP contribution in [0, 0.1) is 6.92 Å². The summed E-state index contributed by atoms with van der Waals surface area (Å²) in [5, 5.41) is 7.26. The first kappa shape index (κ1) is 10.4. The molecule has 2 heterocycles. The summed E-state index contributed by atoms with van der Waals surface area (Å²) in [6.07, 6.45) is 1.76. The highest BCUT2D eigenvalue weighted by Crippen LogP contribution is 2.08. The molecular formula is C10H14N6. The van der Waals surface area contributed by atoms with Crippen molar-refractivity contribution in [1.29, 1.82) is 0 Å². The molecule has 0 aromatic carbocycles. The maximum atomic E-state index is 5.56. The van der Waals surface area contributed by atoms with E-state index in [1.807, 2.05) is 30.8 Å². The first-order valence-electron chi connectivity index (χ1n) is 4.97. The van der Waals surface area contributed by atoms with Gasteiger partial charge in [-0.05, 0) is 13.0 Å². The van der Waals surface area contributed by atoms with Crippen LogP contribution < -0.4 is 11.1 Å². The molecule has 0 amide bonds. The van der Waals surface area contributed by atoms with Crippen LogP contribution in [0.15, 0.2) is 18.3 Å². The van der Waals surface area contributed by atoms with Gasteiger partial charge in [-0.3, -0.25) is 4.68 Å². The lowest BCUT2D eigenvalue weighted by atomic mass is 10.4. The smallest absolute Gasteiger partial charge is 0.222 e. The molecular weight excluding hydrogens is 204 g/mol. The van der Waals surface area contributed by atoms with Crippen LogP contribution in [-0.2, 0) is 13.6 Å². The molecule has 0 aliphatic heterocycles. The molecule has 3 N–H and O–H groups in total. The largest absolute Gasteiger partial charge is 0.368 e. The minimum atomic E-state index is 0.285. The lowest BCUT2D eigenvalue weighted by Gasteiger charge is -2.06. The minimum absolute atomic E-state index is 0.285. The van der Waals surface area contributed by atoms with E-state index in [-0.39, 0.29) is 5.95 Å². The van der Waals surface area contributed by atoms with Crippen molar-refractivity contribution in [2.75, 3.05) is 11.1 Å². The van der Waals surface area contributed by atoms with Gasteiger partial charge in [0, 0.05) is 25.0 Å². The average Bonchev–Trinajstić information content (AvgIpc) is 2.59. The van der Waals surface area contributed by atoms with Crippen molar-refractivity contribution in [3.05, 3.63) is 29.7 Å². The Morgan fingerprint density at radius 2 is 2.25 bits per heavy atom. The lowest BCUT2D eigenvalue weighted by Crippen LogP contribution is -2.08. The molecule has 0 aliphatic rings. The molecule has 0 saturated carbocycles. The number of aromatic nitrogens is 4. The van der Waals surface area contributed by atoms with E-state index in [0.717, 1.165) is 17.2 Å².